The first-order valence-corrected chi connectivity index (χ1v) is 7.52. The van der Waals surface area contributed by atoms with Crippen molar-refractivity contribution in [2.24, 2.45) is 0 Å². The minimum absolute atomic E-state index is 0.174. The lowest BCUT2D eigenvalue weighted by molar-refractivity contribution is -0.113. The number of hydrogen-bond acceptors (Lipinski definition) is 6. The summed E-state index contributed by atoms with van der Waals surface area (Å²) in [6, 6.07) is 14.8. The van der Waals surface area contributed by atoms with Crippen LogP contribution in [0.4, 0.5) is 5.82 Å². The van der Waals surface area contributed by atoms with E-state index in [-0.39, 0.29) is 11.7 Å². The Morgan fingerprint density at radius 1 is 1.09 bits per heavy atom. The van der Waals surface area contributed by atoms with Gasteiger partial charge in [-0.15, -0.1) is 10.2 Å². The molecule has 2 aromatic heterocycles. The molecule has 0 fully saturated rings. The molecule has 22 heavy (non-hydrogen) atoms. The number of amides is 1. The number of benzene rings is 1. The van der Waals surface area contributed by atoms with Gasteiger partial charge in [-0.1, -0.05) is 36.0 Å². The van der Waals surface area contributed by atoms with Gasteiger partial charge in [0, 0.05) is 11.8 Å². The van der Waals surface area contributed by atoms with E-state index in [4.69, 9.17) is 4.42 Å². The van der Waals surface area contributed by atoms with E-state index in [1.807, 2.05) is 30.3 Å². The van der Waals surface area contributed by atoms with Crippen molar-refractivity contribution >= 4 is 23.5 Å². The van der Waals surface area contributed by atoms with Crippen molar-refractivity contribution in [2.45, 2.75) is 5.22 Å². The first-order chi connectivity index (χ1) is 10.8. The summed E-state index contributed by atoms with van der Waals surface area (Å²) in [5.41, 5.74) is 0.847. The molecule has 7 heteroatoms. The maximum Gasteiger partial charge on any atom is 0.277 e. The van der Waals surface area contributed by atoms with Gasteiger partial charge in [0.2, 0.25) is 11.8 Å². The Bertz CT molecular complexity index is 747. The molecule has 1 aromatic carbocycles. The number of aromatic nitrogens is 3. The maximum absolute atomic E-state index is 11.8. The average molecular weight is 312 g/mol. The minimum atomic E-state index is -0.178. The lowest BCUT2D eigenvalue weighted by Gasteiger charge is -2.01. The number of nitrogens with zero attached hydrogens (tertiary/aromatic N) is 3. The summed E-state index contributed by atoms with van der Waals surface area (Å²) >= 11 is 1.18. The van der Waals surface area contributed by atoms with Gasteiger partial charge in [-0.05, 0) is 24.3 Å². The van der Waals surface area contributed by atoms with Crippen LogP contribution in [-0.4, -0.2) is 26.8 Å². The molecule has 0 spiro atoms. The summed E-state index contributed by atoms with van der Waals surface area (Å²) in [4.78, 5) is 15.8. The van der Waals surface area contributed by atoms with Crippen LogP contribution >= 0.6 is 11.8 Å². The highest BCUT2D eigenvalue weighted by atomic mass is 32.2. The molecule has 3 aromatic rings. The number of thioether (sulfide) groups is 1. The monoisotopic (exact) mass is 312 g/mol. The Morgan fingerprint density at radius 2 is 1.91 bits per heavy atom. The van der Waals surface area contributed by atoms with Gasteiger partial charge in [0.1, 0.15) is 5.82 Å². The standard InChI is InChI=1S/C15H12N4O2S/c20-13(17-12-8-4-5-9-16-12)10-22-15-19-18-14(21-15)11-6-2-1-3-7-11/h1-9H,10H2,(H,16,17,20). The number of pyridine rings is 1. The van der Waals surface area contributed by atoms with E-state index in [2.05, 4.69) is 20.5 Å². The van der Waals surface area contributed by atoms with Crippen LogP contribution in [0.3, 0.4) is 0 Å². The second-order valence-electron chi connectivity index (χ2n) is 4.29. The molecule has 6 nitrogen and oxygen atoms in total. The quantitative estimate of drug-likeness (QED) is 0.730. The molecule has 0 aliphatic carbocycles. The van der Waals surface area contributed by atoms with Crippen LogP contribution in [0.5, 0.6) is 0 Å². The molecular formula is C15H12N4O2S. The summed E-state index contributed by atoms with van der Waals surface area (Å²) in [6.45, 7) is 0. The highest BCUT2D eigenvalue weighted by Crippen LogP contribution is 2.22. The zero-order valence-corrected chi connectivity index (χ0v) is 12.3. The van der Waals surface area contributed by atoms with Gasteiger partial charge in [0.25, 0.3) is 5.22 Å². The highest BCUT2D eigenvalue weighted by Gasteiger charge is 2.11. The van der Waals surface area contributed by atoms with Crippen molar-refractivity contribution in [1.29, 1.82) is 0 Å². The zero-order valence-electron chi connectivity index (χ0n) is 11.5. The van der Waals surface area contributed by atoms with E-state index in [9.17, 15) is 4.79 Å². The van der Waals surface area contributed by atoms with Gasteiger partial charge in [-0.25, -0.2) is 4.98 Å². The third-order valence-corrected chi connectivity index (χ3v) is 3.50. The van der Waals surface area contributed by atoms with Crippen molar-refractivity contribution in [3.05, 3.63) is 54.7 Å². The molecule has 1 amide bonds. The van der Waals surface area contributed by atoms with Crippen molar-refractivity contribution in [3.63, 3.8) is 0 Å². The van der Waals surface area contributed by atoms with Crippen molar-refractivity contribution in [3.8, 4) is 11.5 Å². The van der Waals surface area contributed by atoms with Gasteiger partial charge in [0.15, 0.2) is 0 Å². The fourth-order valence-electron chi connectivity index (χ4n) is 1.71. The first-order valence-electron chi connectivity index (χ1n) is 6.54. The Hall–Kier alpha value is -2.67. The van der Waals surface area contributed by atoms with Crippen LogP contribution in [0.2, 0.25) is 0 Å². The van der Waals surface area contributed by atoms with Crippen LogP contribution in [0.25, 0.3) is 11.5 Å². The molecule has 2 heterocycles. The largest absolute Gasteiger partial charge is 0.411 e. The molecule has 0 aliphatic heterocycles. The zero-order chi connectivity index (χ0) is 15.2. The van der Waals surface area contributed by atoms with Crippen LogP contribution in [0.1, 0.15) is 0 Å². The molecule has 3 rings (SSSR count). The fraction of sp³-hybridized carbons (Fsp3) is 0.0667. The van der Waals surface area contributed by atoms with Crippen LogP contribution < -0.4 is 5.32 Å². The number of hydrogen-bond donors (Lipinski definition) is 1. The predicted molar refractivity (Wildman–Crippen MR) is 83.3 cm³/mol. The van der Waals surface area contributed by atoms with E-state index < -0.39 is 0 Å². The molecule has 1 N–H and O–H groups in total. The molecule has 0 saturated carbocycles. The van der Waals surface area contributed by atoms with E-state index >= 15 is 0 Å². The molecule has 0 radical (unpaired) electrons. The second kappa shape index (κ2) is 6.86. The minimum Gasteiger partial charge on any atom is -0.411 e. The Balaban J connectivity index is 1.56. The summed E-state index contributed by atoms with van der Waals surface area (Å²) in [6.07, 6.45) is 1.62. The smallest absolute Gasteiger partial charge is 0.277 e. The van der Waals surface area contributed by atoms with Crippen LogP contribution in [-0.2, 0) is 4.79 Å². The number of rotatable bonds is 5. The predicted octanol–water partition coefficient (Wildman–Crippen LogP) is 2.86. The topological polar surface area (TPSA) is 80.9 Å². The highest BCUT2D eigenvalue weighted by molar-refractivity contribution is 7.99. The molecule has 110 valence electrons. The Labute approximate surface area is 131 Å². The van der Waals surface area contributed by atoms with Gasteiger partial charge in [-0.3, -0.25) is 4.79 Å². The van der Waals surface area contributed by atoms with Crippen molar-refractivity contribution in [1.82, 2.24) is 15.2 Å². The molecule has 0 saturated heterocycles. The number of carbonyl (C=O) groups is 1. The van der Waals surface area contributed by atoms with Gasteiger partial charge < -0.3 is 9.73 Å². The van der Waals surface area contributed by atoms with Crippen molar-refractivity contribution < 1.29 is 9.21 Å². The van der Waals surface area contributed by atoms with Crippen molar-refractivity contribution in [2.75, 3.05) is 11.1 Å². The average Bonchev–Trinajstić information content (AvgIpc) is 3.04. The van der Waals surface area contributed by atoms with Gasteiger partial charge in [0.05, 0.1) is 5.75 Å². The molecule has 0 bridgehead atoms. The maximum atomic E-state index is 11.8. The first kappa shape index (κ1) is 14.3. The van der Waals surface area contributed by atoms with E-state index in [0.29, 0.717) is 16.9 Å². The fourth-order valence-corrected chi connectivity index (χ4v) is 2.27. The number of nitrogens with one attached hydrogen (secondary N) is 1. The molecule has 0 unspecified atom stereocenters. The van der Waals surface area contributed by atoms with Crippen LogP contribution in [0, 0.1) is 0 Å². The number of carbonyl (C=O) groups excluding carboxylic acids is 1. The van der Waals surface area contributed by atoms with E-state index in [1.165, 1.54) is 11.8 Å². The number of anilines is 1. The molecule has 0 aliphatic rings. The molecule has 0 atom stereocenters. The SMILES string of the molecule is O=C(CSc1nnc(-c2ccccc2)o1)Nc1ccccn1. The van der Waals surface area contributed by atoms with Crippen LogP contribution in [0.15, 0.2) is 64.4 Å². The Morgan fingerprint density at radius 3 is 2.68 bits per heavy atom. The normalized spacial score (nSPS) is 10.4. The lowest BCUT2D eigenvalue weighted by atomic mass is 10.2. The summed E-state index contributed by atoms with van der Waals surface area (Å²) in [7, 11) is 0. The van der Waals surface area contributed by atoms with E-state index in [1.54, 1.807) is 24.4 Å². The summed E-state index contributed by atoms with van der Waals surface area (Å²) in [5, 5.41) is 10.9. The van der Waals surface area contributed by atoms with Gasteiger partial charge >= 0.3 is 0 Å². The summed E-state index contributed by atoms with van der Waals surface area (Å²) in [5.74, 6) is 0.951. The summed E-state index contributed by atoms with van der Waals surface area (Å²) < 4.78 is 5.52. The third kappa shape index (κ3) is 3.70. The molecular weight excluding hydrogens is 300 g/mol. The second-order valence-corrected chi connectivity index (χ2v) is 5.22. The third-order valence-electron chi connectivity index (χ3n) is 2.69. The van der Waals surface area contributed by atoms with Gasteiger partial charge in [-0.2, -0.15) is 0 Å². The van der Waals surface area contributed by atoms with E-state index in [0.717, 1.165) is 5.56 Å². The Kier molecular flexibility index (Phi) is 4.45. The lowest BCUT2D eigenvalue weighted by Crippen LogP contribution is -2.14.